The van der Waals surface area contributed by atoms with Crippen LogP contribution in [0.4, 0.5) is 5.69 Å². The number of carbonyl (C=O) groups is 1. The number of aromatic nitrogens is 3. The maximum atomic E-state index is 11.9. The lowest BCUT2D eigenvalue weighted by atomic mass is 10.2. The number of anilines is 1. The van der Waals surface area contributed by atoms with Crippen molar-refractivity contribution < 1.29 is 14.3 Å². The molecule has 2 heterocycles. The summed E-state index contributed by atoms with van der Waals surface area (Å²) in [6.07, 6.45) is 6.73. The molecule has 128 valence electrons. The third kappa shape index (κ3) is 4.65. The Morgan fingerprint density at radius 3 is 2.92 bits per heavy atom. The molecule has 0 atom stereocenters. The molecule has 0 bridgehead atoms. The SMILES string of the molecule is COc1cccc(COCC(=O)Nc2ccc(-n3ccnc3)nc2)c1. The van der Waals surface area contributed by atoms with E-state index in [-0.39, 0.29) is 12.5 Å². The van der Waals surface area contributed by atoms with E-state index in [0.29, 0.717) is 12.3 Å². The van der Waals surface area contributed by atoms with E-state index >= 15 is 0 Å². The standard InChI is InChI=1S/C18H18N4O3/c1-24-16-4-2-3-14(9-16)11-25-12-18(23)21-15-5-6-17(20-10-15)22-8-7-19-13-22/h2-10,13H,11-12H2,1H3,(H,21,23). The second-order valence-electron chi connectivity index (χ2n) is 5.27. The average molecular weight is 338 g/mol. The van der Waals surface area contributed by atoms with Crippen molar-refractivity contribution in [1.29, 1.82) is 0 Å². The molecule has 1 N–H and O–H groups in total. The molecular formula is C18H18N4O3. The summed E-state index contributed by atoms with van der Waals surface area (Å²) in [7, 11) is 1.61. The number of benzene rings is 1. The second kappa shape index (κ2) is 8.07. The summed E-state index contributed by atoms with van der Waals surface area (Å²) >= 11 is 0. The topological polar surface area (TPSA) is 78.3 Å². The van der Waals surface area contributed by atoms with E-state index < -0.39 is 0 Å². The third-order valence-electron chi connectivity index (χ3n) is 3.44. The van der Waals surface area contributed by atoms with Gasteiger partial charge in [-0.3, -0.25) is 9.36 Å². The maximum Gasteiger partial charge on any atom is 0.250 e. The van der Waals surface area contributed by atoms with Crippen LogP contribution in [-0.4, -0.2) is 34.2 Å². The van der Waals surface area contributed by atoms with Gasteiger partial charge in [0.2, 0.25) is 5.91 Å². The van der Waals surface area contributed by atoms with Crippen molar-refractivity contribution in [2.24, 2.45) is 0 Å². The molecule has 7 nitrogen and oxygen atoms in total. The Balaban J connectivity index is 1.47. The molecule has 0 aliphatic carbocycles. The fraction of sp³-hybridized carbons (Fsp3) is 0.167. The Bertz CT molecular complexity index is 817. The predicted octanol–water partition coefficient (Wildman–Crippen LogP) is 2.43. The zero-order valence-electron chi connectivity index (χ0n) is 13.8. The average Bonchev–Trinajstić information content (AvgIpc) is 3.17. The van der Waals surface area contributed by atoms with E-state index in [1.54, 1.807) is 48.7 Å². The number of carbonyl (C=O) groups excluding carboxylic acids is 1. The number of rotatable bonds is 7. The molecule has 0 aliphatic heterocycles. The number of amides is 1. The highest BCUT2D eigenvalue weighted by molar-refractivity contribution is 5.91. The molecule has 2 aromatic heterocycles. The minimum atomic E-state index is -0.236. The van der Waals surface area contributed by atoms with Crippen LogP contribution in [0.2, 0.25) is 0 Å². The molecule has 0 saturated carbocycles. The van der Waals surface area contributed by atoms with Gasteiger partial charge in [-0.25, -0.2) is 9.97 Å². The van der Waals surface area contributed by atoms with E-state index in [4.69, 9.17) is 9.47 Å². The zero-order chi connectivity index (χ0) is 17.5. The first-order chi connectivity index (χ1) is 12.2. The summed E-state index contributed by atoms with van der Waals surface area (Å²) in [5.74, 6) is 1.25. The van der Waals surface area contributed by atoms with Crippen LogP contribution in [0.25, 0.3) is 5.82 Å². The van der Waals surface area contributed by atoms with E-state index in [1.807, 2.05) is 24.3 Å². The van der Waals surface area contributed by atoms with E-state index in [0.717, 1.165) is 17.1 Å². The molecule has 1 aromatic carbocycles. The van der Waals surface area contributed by atoms with Gasteiger partial charge in [-0.05, 0) is 29.8 Å². The number of nitrogens with zero attached hydrogens (tertiary/aromatic N) is 3. The minimum Gasteiger partial charge on any atom is -0.497 e. The van der Waals surface area contributed by atoms with Crippen molar-refractivity contribution in [3.63, 3.8) is 0 Å². The van der Waals surface area contributed by atoms with Gasteiger partial charge in [-0.15, -0.1) is 0 Å². The molecule has 1 amide bonds. The highest BCUT2D eigenvalue weighted by atomic mass is 16.5. The molecular weight excluding hydrogens is 320 g/mol. The van der Waals surface area contributed by atoms with Crippen molar-refractivity contribution in [1.82, 2.24) is 14.5 Å². The van der Waals surface area contributed by atoms with Gasteiger partial charge in [0.1, 0.15) is 24.5 Å². The molecule has 0 unspecified atom stereocenters. The molecule has 3 rings (SSSR count). The van der Waals surface area contributed by atoms with Crippen LogP contribution in [0.15, 0.2) is 61.3 Å². The first kappa shape index (κ1) is 16.7. The number of hydrogen-bond acceptors (Lipinski definition) is 5. The molecule has 3 aromatic rings. The minimum absolute atomic E-state index is 0.0412. The monoisotopic (exact) mass is 338 g/mol. The van der Waals surface area contributed by atoms with Gasteiger partial charge >= 0.3 is 0 Å². The van der Waals surface area contributed by atoms with Crippen molar-refractivity contribution in [2.75, 3.05) is 19.0 Å². The Hall–Kier alpha value is -3.19. The van der Waals surface area contributed by atoms with Crippen LogP contribution in [0.3, 0.4) is 0 Å². The van der Waals surface area contributed by atoms with Crippen LogP contribution < -0.4 is 10.1 Å². The quantitative estimate of drug-likeness (QED) is 0.716. The highest BCUT2D eigenvalue weighted by Crippen LogP contribution is 2.13. The van der Waals surface area contributed by atoms with Crippen LogP contribution in [0, 0.1) is 0 Å². The first-order valence-electron chi connectivity index (χ1n) is 7.69. The number of methoxy groups -OCH3 is 1. The van der Waals surface area contributed by atoms with Crippen LogP contribution >= 0.6 is 0 Å². The Morgan fingerprint density at radius 1 is 1.28 bits per heavy atom. The fourth-order valence-corrected chi connectivity index (χ4v) is 2.23. The van der Waals surface area contributed by atoms with E-state index in [1.165, 1.54) is 0 Å². The Labute approximate surface area is 145 Å². The van der Waals surface area contributed by atoms with Gasteiger partial charge in [0.25, 0.3) is 0 Å². The summed E-state index contributed by atoms with van der Waals surface area (Å²) in [5.41, 5.74) is 1.55. The Kier molecular flexibility index (Phi) is 5.38. The van der Waals surface area contributed by atoms with Gasteiger partial charge in [0.05, 0.1) is 25.6 Å². The number of pyridine rings is 1. The molecule has 0 fully saturated rings. The molecule has 0 saturated heterocycles. The highest BCUT2D eigenvalue weighted by Gasteiger charge is 2.05. The van der Waals surface area contributed by atoms with Crippen molar-refractivity contribution in [3.8, 4) is 11.6 Å². The molecule has 7 heteroatoms. The fourth-order valence-electron chi connectivity index (χ4n) is 2.23. The molecule has 0 spiro atoms. The largest absolute Gasteiger partial charge is 0.497 e. The maximum absolute atomic E-state index is 11.9. The van der Waals surface area contributed by atoms with Crippen molar-refractivity contribution in [3.05, 3.63) is 66.9 Å². The van der Waals surface area contributed by atoms with Crippen LogP contribution in [0.1, 0.15) is 5.56 Å². The van der Waals surface area contributed by atoms with E-state index in [2.05, 4.69) is 15.3 Å². The van der Waals surface area contributed by atoms with Crippen molar-refractivity contribution >= 4 is 11.6 Å². The van der Waals surface area contributed by atoms with Gasteiger partial charge in [0.15, 0.2) is 0 Å². The summed E-state index contributed by atoms with van der Waals surface area (Å²) < 4.78 is 12.4. The second-order valence-corrected chi connectivity index (χ2v) is 5.27. The normalized spacial score (nSPS) is 10.4. The first-order valence-corrected chi connectivity index (χ1v) is 7.69. The van der Waals surface area contributed by atoms with Gasteiger partial charge in [-0.1, -0.05) is 12.1 Å². The Morgan fingerprint density at radius 2 is 2.20 bits per heavy atom. The van der Waals surface area contributed by atoms with Gasteiger partial charge in [-0.2, -0.15) is 0 Å². The molecule has 0 aliphatic rings. The lowest BCUT2D eigenvalue weighted by molar-refractivity contribution is -0.121. The lowest BCUT2D eigenvalue weighted by Gasteiger charge is -2.08. The number of ether oxygens (including phenoxy) is 2. The van der Waals surface area contributed by atoms with Gasteiger partial charge < -0.3 is 14.8 Å². The number of imidazole rings is 1. The predicted molar refractivity (Wildman–Crippen MR) is 92.6 cm³/mol. The van der Waals surface area contributed by atoms with Crippen LogP contribution in [0.5, 0.6) is 5.75 Å². The summed E-state index contributed by atoms with van der Waals surface area (Å²) in [6.45, 7) is 0.295. The van der Waals surface area contributed by atoms with Crippen molar-refractivity contribution in [2.45, 2.75) is 6.61 Å². The number of nitrogens with one attached hydrogen (secondary N) is 1. The number of hydrogen-bond donors (Lipinski definition) is 1. The van der Waals surface area contributed by atoms with E-state index in [9.17, 15) is 4.79 Å². The smallest absolute Gasteiger partial charge is 0.250 e. The summed E-state index contributed by atoms with van der Waals surface area (Å²) in [6, 6.07) is 11.1. The lowest BCUT2D eigenvalue weighted by Crippen LogP contribution is -2.18. The third-order valence-corrected chi connectivity index (χ3v) is 3.44. The van der Waals surface area contributed by atoms with Crippen LogP contribution in [-0.2, 0) is 16.1 Å². The molecule has 25 heavy (non-hydrogen) atoms. The zero-order valence-corrected chi connectivity index (χ0v) is 13.8. The molecule has 0 radical (unpaired) electrons. The summed E-state index contributed by atoms with van der Waals surface area (Å²) in [5, 5.41) is 2.75. The summed E-state index contributed by atoms with van der Waals surface area (Å²) in [4.78, 5) is 20.2. The van der Waals surface area contributed by atoms with Gasteiger partial charge in [0, 0.05) is 12.4 Å².